The Labute approximate surface area is 125 Å². The van der Waals surface area contributed by atoms with Gasteiger partial charge in [-0.25, -0.2) is 0 Å². The first-order valence-electron chi connectivity index (χ1n) is 7.33. The standard InChI is InChI=1S/C17H21NOS/c1-13(11-18-12-16-6-3-9-19-16)20-17-8-7-14-4-2-5-15(14)10-17/h3,6-10,13,18H,2,4-5,11-12H2,1H3. The lowest BCUT2D eigenvalue weighted by Gasteiger charge is -2.12. The van der Waals surface area contributed by atoms with Gasteiger partial charge >= 0.3 is 0 Å². The Bertz CT molecular complexity index is 550. The fourth-order valence-corrected chi connectivity index (χ4v) is 3.73. The Kier molecular flexibility index (Phi) is 4.48. The molecule has 106 valence electrons. The minimum absolute atomic E-state index is 0.560. The molecule has 2 aromatic rings. The molecule has 0 saturated heterocycles. The second-order valence-electron chi connectivity index (χ2n) is 5.42. The molecule has 1 aromatic heterocycles. The summed E-state index contributed by atoms with van der Waals surface area (Å²) in [6, 6.07) is 10.9. The van der Waals surface area contributed by atoms with Gasteiger partial charge in [0, 0.05) is 16.7 Å². The minimum atomic E-state index is 0.560. The fourth-order valence-electron chi connectivity index (χ4n) is 2.71. The van der Waals surface area contributed by atoms with E-state index < -0.39 is 0 Å². The molecule has 3 rings (SSSR count). The summed E-state index contributed by atoms with van der Waals surface area (Å²) < 4.78 is 5.31. The monoisotopic (exact) mass is 287 g/mol. The van der Waals surface area contributed by atoms with Gasteiger partial charge in [0.2, 0.25) is 0 Å². The van der Waals surface area contributed by atoms with Crippen molar-refractivity contribution >= 4 is 11.8 Å². The Balaban J connectivity index is 1.47. The third-order valence-electron chi connectivity index (χ3n) is 3.72. The van der Waals surface area contributed by atoms with Gasteiger partial charge in [0.05, 0.1) is 12.8 Å². The number of hydrogen-bond donors (Lipinski definition) is 1. The number of fused-ring (bicyclic) bond motifs is 1. The van der Waals surface area contributed by atoms with E-state index in [0.29, 0.717) is 5.25 Å². The molecule has 0 aliphatic heterocycles. The van der Waals surface area contributed by atoms with Gasteiger partial charge in [0.1, 0.15) is 5.76 Å². The molecule has 0 fully saturated rings. The van der Waals surface area contributed by atoms with E-state index in [2.05, 4.69) is 30.4 Å². The van der Waals surface area contributed by atoms with Crippen LogP contribution in [-0.2, 0) is 19.4 Å². The van der Waals surface area contributed by atoms with E-state index in [4.69, 9.17) is 4.42 Å². The van der Waals surface area contributed by atoms with Gasteiger partial charge in [-0.3, -0.25) is 0 Å². The molecule has 1 atom stereocenters. The summed E-state index contributed by atoms with van der Waals surface area (Å²) >= 11 is 1.95. The fraction of sp³-hybridized carbons (Fsp3) is 0.412. The van der Waals surface area contributed by atoms with Crippen molar-refractivity contribution in [2.45, 2.75) is 42.9 Å². The number of nitrogens with one attached hydrogen (secondary N) is 1. The average Bonchev–Trinajstić information content (AvgIpc) is 3.08. The predicted octanol–water partition coefficient (Wildman–Crippen LogP) is 4.04. The van der Waals surface area contributed by atoms with E-state index in [1.807, 2.05) is 23.9 Å². The van der Waals surface area contributed by atoms with Crippen molar-refractivity contribution in [3.8, 4) is 0 Å². The summed E-state index contributed by atoms with van der Waals surface area (Å²) in [5.74, 6) is 1.000. The Morgan fingerprint density at radius 3 is 3.00 bits per heavy atom. The molecule has 0 saturated carbocycles. The molecule has 3 heteroatoms. The van der Waals surface area contributed by atoms with Crippen molar-refractivity contribution in [1.29, 1.82) is 0 Å². The minimum Gasteiger partial charge on any atom is -0.468 e. The van der Waals surface area contributed by atoms with Crippen LogP contribution in [0.4, 0.5) is 0 Å². The highest BCUT2D eigenvalue weighted by atomic mass is 32.2. The molecule has 1 heterocycles. The molecule has 0 bridgehead atoms. The Hall–Kier alpha value is -1.19. The summed E-state index contributed by atoms with van der Waals surface area (Å²) in [7, 11) is 0. The van der Waals surface area contributed by atoms with Gasteiger partial charge in [-0.05, 0) is 54.7 Å². The Morgan fingerprint density at radius 2 is 2.15 bits per heavy atom. The summed E-state index contributed by atoms with van der Waals surface area (Å²) in [6.45, 7) is 4.07. The smallest absolute Gasteiger partial charge is 0.117 e. The number of rotatable bonds is 6. The first-order chi connectivity index (χ1) is 9.81. The molecule has 1 aliphatic carbocycles. The summed E-state index contributed by atoms with van der Waals surface area (Å²) in [5.41, 5.74) is 3.11. The summed E-state index contributed by atoms with van der Waals surface area (Å²) in [5, 5.41) is 4.01. The maximum atomic E-state index is 5.31. The van der Waals surface area contributed by atoms with Gasteiger partial charge in [-0.2, -0.15) is 0 Å². The maximum Gasteiger partial charge on any atom is 0.117 e. The zero-order chi connectivity index (χ0) is 13.8. The van der Waals surface area contributed by atoms with E-state index >= 15 is 0 Å². The van der Waals surface area contributed by atoms with Crippen molar-refractivity contribution < 1.29 is 4.42 Å². The van der Waals surface area contributed by atoms with E-state index in [9.17, 15) is 0 Å². The van der Waals surface area contributed by atoms with Crippen molar-refractivity contribution in [1.82, 2.24) is 5.32 Å². The lowest BCUT2D eigenvalue weighted by molar-refractivity contribution is 0.484. The van der Waals surface area contributed by atoms with Crippen LogP contribution >= 0.6 is 11.8 Å². The van der Waals surface area contributed by atoms with E-state index in [1.54, 1.807) is 17.4 Å². The zero-order valence-electron chi connectivity index (χ0n) is 11.9. The molecule has 0 radical (unpaired) electrons. The third kappa shape index (κ3) is 3.47. The number of benzene rings is 1. The summed E-state index contributed by atoms with van der Waals surface area (Å²) in [4.78, 5) is 1.40. The highest BCUT2D eigenvalue weighted by molar-refractivity contribution is 8.00. The SMILES string of the molecule is CC(CNCc1ccco1)Sc1ccc2c(c1)CCC2. The van der Waals surface area contributed by atoms with Gasteiger partial charge in [-0.1, -0.05) is 13.0 Å². The van der Waals surface area contributed by atoms with Crippen LogP contribution in [-0.4, -0.2) is 11.8 Å². The molecular formula is C17H21NOS. The van der Waals surface area contributed by atoms with Crippen molar-refractivity contribution in [2.24, 2.45) is 0 Å². The van der Waals surface area contributed by atoms with Crippen molar-refractivity contribution in [3.05, 3.63) is 53.5 Å². The lowest BCUT2D eigenvalue weighted by atomic mass is 10.1. The lowest BCUT2D eigenvalue weighted by Crippen LogP contribution is -2.21. The molecule has 1 aliphatic rings. The van der Waals surface area contributed by atoms with E-state index in [1.165, 1.54) is 24.2 Å². The zero-order valence-corrected chi connectivity index (χ0v) is 12.7. The van der Waals surface area contributed by atoms with Crippen LogP contribution in [0.15, 0.2) is 45.9 Å². The van der Waals surface area contributed by atoms with Crippen LogP contribution in [0.5, 0.6) is 0 Å². The second-order valence-corrected chi connectivity index (χ2v) is 6.93. The predicted molar refractivity (Wildman–Crippen MR) is 84.2 cm³/mol. The van der Waals surface area contributed by atoms with Crippen LogP contribution in [0.25, 0.3) is 0 Å². The topological polar surface area (TPSA) is 25.2 Å². The molecule has 0 amide bonds. The van der Waals surface area contributed by atoms with Gasteiger partial charge < -0.3 is 9.73 Å². The summed E-state index contributed by atoms with van der Waals surface area (Å²) in [6.07, 6.45) is 5.57. The Morgan fingerprint density at radius 1 is 1.25 bits per heavy atom. The molecular weight excluding hydrogens is 266 g/mol. The second kappa shape index (κ2) is 6.51. The van der Waals surface area contributed by atoms with E-state index in [-0.39, 0.29) is 0 Å². The highest BCUT2D eigenvalue weighted by Crippen LogP contribution is 2.29. The van der Waals surface area contributed by atoms with Crippen LogP contribution in [0.3, 0.4) is 0 Å². The molecule has 20 heavy (non-hydrogen) atoms. The number of aryl methyl sites for hydroxylation is 2. The normalized spacial score (nSPS) is 15.2. The molecule has 1 N–H and O–H groups in total. The molecule has 1 unspecified atom stereocenters. The number of furan rings is 1. The maximum absolute atomic E-state index is 5.31. The van der Waals surface area contributed by atoms with Crippen molar-refractivity contribution in [3.63, 3.8) is 0 Å². The van der Waals surface area contributed by atoms with Crippen LogP contribution in [0, 0.1) is 0 Å². The van der Waals surface area contributed by atoms with Gasteiger partial charge in [0.25, 0.3) is 0 Å². The average molecular weight is 287 g/mol. The quantitative estimate of drug-likeness (QED) is 0.812. The van der Waals surface area contributed by atoms with Gasteiger partial charge in [-0.15, -0.1) is 11.8 Å². The largest absolute Gasteiger partial charge is 0.468 e. The third-order valence-corrected chi connectivity index (χ3v) is 4.81. The first kappa shape index (κ1) is 13.8. The highest BCUT2D eigenvalue weighted by Gasteiger charge is 2.12. The molecule has 2 nitrogen and oxygen atoms in total. The number of hydrogen-bond acceptors (Lipinski definition) is 3. The van der Waals surface area contributed by atoms with Crippen LogP contribution in [0.1, 0.15) is 30.2 Å². The molecule has 1 aromatic carbocycles. The van der Waals surface area contributed by atoms with Gasteiger partial charge in [0.15, 0.2) is 0 Å². The number of thioether (sulfide) groups is 1. The molecule has 0 spiro atoms. The first-order valence-corrected chi connectivity index (χ1v) is 8.21. The van der Waals surface area contributed by atoms with Crippen LogP contribution in [0.2, 0.25) is 0 Å². The van der Waals surface area contributed by atoms with Crippen LogP contribution < -0.4 is 5.32 Å². The van der Waals surface area contributed by atoms with E-state index in [0.717, 1.165) is 18.8 Å². The van der Waals surface area contributed by atoms with Crippen molar-refractivity contribution in [2.75, 3.05) is 6.54 Å².